The molecule has 104 valence electrons. The van der Waals surface area contributed by atoms with Gasteiger partial charge < -0.3 is 4.74 Å². The van der Waals surface area contributed by atoms with Gasteiger partial charge >= 0.3 is 0 Å². The van der Waals surface area contributed by atoms with E-state index in [4.69, 9.17) is 16.3 Å². The van der Waals surface area contributed by atoms with Gasteiger partial charge in [-0.3, -0.25) is 4.90 Å². The highest BCUT2D eigenvalue weighted by Gasteiger charge is 2.35. The molecule has 1 aliphatic carbocycles. The van der Waals surface area contributed by atoms with E-state index in [0.717, 1.165) is 30.3 Å². The highest BCUT2D eigenvalue weighted by Crippen LogP contribution is 2.41. The molecule has 1 aromatic rings. The minimum absolute atomic E-state index is 0.131. The topological polar surface area (TPSA) is 12.5 Å². The Morgan fingerprint density at radius 2 is 2.16 bits per heavy atom. The summed E-state index contributed by atoms with van der Waals surface area (Å²) in [6.45, 7) is 6.45. The average Bonchev–Trinajstić information content (AvgIpc) is 2.38. The molecule has 0 N–H and O–H groups in total. The third-order valence-corrected chi connectivity index (χ3v) is 4.91. The molecule has 3 rings (SSSR count). The van der Waals surface area contributed by atoms with E-state index >= 15 is 0 Å². The maximum atomic E-state index is 6.28. The lowest BCUT2D eigenvalue weighted by Gasteiger charge is -2.44. The lowest BCUT2D eigenvalue weighted by Crippen LogP contribution is -2.46. The van der Waals surface area contributed by atoms with Crippen molar-refractivity contribution in [3.8, 4) is 0 Å². The largest absolute Gasteiger partial charge is 0.371 e. The smallest absolute Gasteiger partial charge is 0.0966 e. The molecule has 2 nitrogen and oxygen atoms in total. The fraction of sp³-hybridized carbons (Fsp3) is 0.625. The van der Waals surface area contributed by atoms with E-state index in [1.54, 1.807) is 0 Å². The average molecular weight is 280 g/mol. The van der Waals surface area contributed by atoms with E-state index in [-0.39, 0.29) is 6.10 Å². The van der Waals surface area contributed by atoms with Crippen molar-refractivity contribution in [1.82, 2.24) is 4.90 Å². The van der Waals surface area contributed by atoms with E-state index in [1.165, 1.54) is 25.8 Å². The van der Waals surface area contributed by atoms with Crippen LogP contribution in [-0.2, 0) is 4.74 Å². The van der Waals surface area contributed by atoms with Crippen LogP contribution in [0.2, 0.25) is 5.02 Å². The normalized spacial score (nSPS) is 26.9. The molecular formula is C16H22ClNO. The van der Waals surface area contributed by atoms with Gasteiger partial charge in [-0.15, -0.1) is 0 Å². The van der Waals surface area contributed by atoms with Gasteiger partial charge in [0.05, 0.1) is 12.7 Å². The summed E-state index contributed by atoms with van der Waals surface area (Å²) in [5.41, 5.74) is 1.68. The molecule has 2 aliphatic rings. The third kappa shape index (κ3) is 2.96. The molecule has 0 aromatic heterocycles. The van der Waals surface area contributed by atoms with Crippen LogP contribution in [0.15, 0.2) is 24.3 Å². The first-order valence-electron chi connectivity index (χ1n) is 7.25. The second-order valence-corrected chi connectivity index (χ2v) is 6.69. The molecule has 0 bridgehead atoms. The zero-order valence-electron chi connectivity index (χ0n) is 11.6. The summed E-state index contributed by atoms with van der Waals surface area (Å²) in [5, 5.41) is 0.823. The van der Waals surface area contributed by atoms with Crippen LogP contribution in [0, 0.1) is 5.41 Å². The van der Waals surface area contributed by atoms with Gasteiger partial charge in [0.15, 0.2) is 0 Å². The number of morpholine rings is 1. The number of benzene rings is 1. The molecule has 3 heteroatoms. The van der Waals surface area contributed by atoms with Gasteiger partial charge in [-0.1, -0.05) is 43.1 Å². The van der Waals surface area contributed by atoms with Crippen LogP contribution >= 0.6 is 11.6 Å². The Morgan fingerprint density at radius 1 is 1.37 bits per heavy atom. The maximum Gasteiger partial charge on any atom is 0.0966 e. The number of rotatable bonds is 3. The quantitative estimate of drug-likeness (QED) is 0.832. The minimum atomic E-state index is 0.131. The van der Waals surface area contributed by atoms with Crippen LogP contribution in [0.5, 0.6) is 0 Å². The molecule has 0 unspecified atom stereocenters. The highest BCUT2D eigenvalue weighted by atomic mass is 35.5. The molecule has 2 fully saturated rings. The first-order valence-corrected chi connectivity index (χ1v) is 7.62. The lowest BCUT2D eigenvalue weighted by molar-refractivity contribution is -0.0502. The summed E-state index contributed by atoms with van der Waals surface area (Å²) in [6.07, 6.45) is 4.28. The zero-order valence-corrected chi connectivity index (χ0v) is 12.3. The van der Waals surface area contributed by atoms with E-state index in [9.17, 15) is 0 Å². The van der Waals surface area contributed by atoms with Gasteiger partial charge in [0, 0.05) is 30.2 Å². The number of hydrogen-bond acceptors (Lipinski definition) is 2. The summed E-state index contributed by atoms with van der Waals surface area (Å²) in [6, 6.07) is 8.05. The Morgan fingerprint density at radius 3 is 2.84 bits per heavy atom. The van der Waals surface area contributed by atoms with E-state index in [1.807, 2.05) is 18.2 Å². The van der Waals surface area contributed by atoms with Gasteiger partial charge in [0.25, 0.3) is 0 Å². The maximum absolute atomic E-state index is 6.28. The van der Waals surface area contributed by atoms with Gasteiger partial charge in [-0.2, -0.15) is 0 Å². The van der Waals surface area contributed by atoms with Crippen LogP contribution < -0.4 is 0 Å². The van der Waals surface area contributed by atoms with Crippen LogP contribution in [0.25, 0.3) is 0 Å². The number of ether oxygens (including phenoxy) is 1. The number of nitrogens with zero attached hydrogens (tertiary/aromatic N) is 1. The predicted molar refractivity (Wildman–Crippen MR) is 78.5 cm³/mol. The second kappa shape index (κ2) is 5.43. The first-order chi connectivity index (χ1) is 9.16. The number of halogens is 1. The molecule has 1 heterocycles. The van der Waals surface area contributed by atoms with Gasteiger partial charge in [-0.25, -0.2) is 0 Å². The molecule has 0 radical (unpaired) electrons. The molecule has 0 spiro atoms. The van der Waals surface area contributed by atoms with Crippen molar-refractivity contribution in [1.29, 1.82) is 0 Å². The van der Waals surface area contributed by atoms with Crippen LogP contribution in [-0.4, -0.2) is 31.1 Å². The van der Waals surface area contributed by atoms with Crippen LogP contribution in [0.1, 0.15) is 37.9 Å². The highest BCUT2D eigenvalue weighted by molar-refractivity contribution is 6.31. The van der Waals surface area contributed by atoms with Crippen molar-refractivity contribution >= 4 is 11.6 Å². The Bertz CT molecular complexity index is 444. The van der Waals surface area contributed by atoms with E-state index < -0.39 is 0 Å². The Hall–Kier alpha value is -0.570. The molecule has 1 saturated heterocycles. The van der Waals surface area contributed by atoms with E-state index in [2.05, 4.69) is 17.9 Å². The van der Waals surface area contributed by atoms with Crippen molar-refractivity contribution in [2.45, 2.75) is 32.3 Å². The predicted octanol–water partition coefficient (Wildman–Crippen LogP) is 3.90. The first kappa shape index (κ1) is 13.4. The Labute approximate surface area is 120 Å². The van der Waals surface area contributed by atoms with Gasteiger partial charge in [0.2, 0.25) is 0 Å². The molecule has 1 saturated carbocycles. The lowest BCUT2D eigenvalue weighted by atomic mass is 9.70. The molecule has 1 aliphatic heterocycles. The summed E-state index contributed by atoms with van der Waals surface area (Å²) in [5.74, 6) is 0. The summed E-state index contributed by atoms with van der Waals surface area (Å²) in [7, 11) is 0. The van der Waals surface area contributed by atoms with Crippen LogP contribution in [0.3, 0.4) is 0 Å². The Kier molecular flexibility index (Phi) is 3.84. The van der Waals surface area contributed by atoms with Crippen molar-refractivity contribution < 1.29 is 4.74 Å². The second-order valence-electron chi connectivity index (χ2n) is 6.28. The monoisotopic (exact) mass is 279 g/mol. The molecule has 19 heavy (non-hydrogen) atoms. The van der Waals surface area contributed by atoms with E-state index in [0.29, 0.717) is 5.41 Å². The molecule has 1 aromatic carbocycles. The molecule has 0 amide bonds. The SMILES string of the molecule is CC1(CN2CCO[C@@H](c3ccccc3Cl)C2)CCC1. The molecule has 1 atom stereocenters. The minimum Gasteiger partial charge on any atom is -0.371 e. The Balaban J connectivity index is 1.66. The van der Waals surface area contributed by atoms with Crippen molar-refractivity contribution in [3.63, 3.8) is 0 Å². The fourth-order valence-corrected chi connectivity index (χ4v) is 3.51. The molecular weight excluding hydrogens is 258 g/mol. The van der Waals surface area contributed by atoms with Crippen molar-refractivity contribution in [2.75, 3.05) is 26.2 Å². The summed E-state index contributed by atoms with van der Waals surface area (Å²) in [4.78, 5) is 2.55. The van der Waals surface area contributed by atoms with Gasteiger partial charge in [-0.05, 0) is 24.3 Å². The van der Waals surface area contributed by atoms with Crippen molar-refractivity contribution in [3.05, 3.63) is 34.9 Å². The fourth-order valence-electron chi connectivity index (χ4n) is 3.25. The zero-order chi connectivity index (χ0) is 13.3. The summed E-state index contributed by atoms with van der Waals surface area (Å²) >= 11 is 6.28. The van der Waals surface area contributed by atoms with Gasteiger partial charge in [0.1, 0.15) is 0 Å². The third-order valence-electron chi connectivity index (χ3n) is 4.57. The standard InChI is InChI=1S/C16H22ClNO/c1-16(7-4-8-16)12-18-9-10-19-15(11-18)13-5-2-3-6-14(13)17/h2-3,5-6,15H,4,7-12H2,1H3/t15-/m1/s1. The number of hydrogen-bond donors (Lipinski definition) is 0. The van der Waals surface area contributed by atoms with Crippen molar-refractivity contribution in [2.24, 2.45) is 5.41 Å². The van der Waals surface area contributed by atoms with Crippen LogP contribution in [0.4, 0.5) is 0 Å². The summed E-state index contributed by atoms with van der Waals surface area (Å²) < 4.78 is 5.92.